The Morgan fingerprint density at radius 3 is 2.30 bits per heavy atom. The molecule has 8 heteroatoms. The van der Waals surface area contributed by atoms with Crippen molar-refractivity contribution < 1.29 is 24.3 Å². The van der Waals surface area contributed by atoms with Crippen molar-refractivity contribution in [3.05, 3.63) is 0 Å². The van der Waals surface area contributed by atoms with Crippen LogP contribution in [0.5, 0.6) is 0 Å². The molecule has 1 aliphatic rings. The lowest BCUT2D eigenvalue weighted by atomic mass is 10.2. The summed E-state index contributed by atoms with van der Waals surface area (Å²) in [6, 6.07) is -1.21. The second-order valence-electron chi connectivity index (χ2n) is 4.63. The van der Waals surface area contributed by atoms with Gasteiger partial charge in [0.1, 0.15) is 6.04 Å². The normalized spacial score (nSPS) is 17.1. The topological polar surface area (TPSA) is 107 Å². The third kappa shape index (κ3) is 3.94. The van der Waals surface area contributed by atoms with E-state index in [4.69, 9.17) is 5.11 Å². The van der Waals surface area contributed by atoms with E-state index < -0.39 is 29.7 Å². The summed E-state index contributed by atoms with van der Waals surface area (Å²) in [5, 5.41) is 11.2. The van der Waals surface area contributed by atoms with Crippen LogP contribution in [0.1, 0.15) is 20.3 Å². The molecule has 0 saturated carbocycles. The molecule has 1 aliphatic heterocycles. The van der Waals surface area contributed by atoms with E-state index in [1.165, 1.54) is 16.7 Å². The van der Waals surface area contributed by atoms with Crippen molar-refractivity contribution >= 4 is 23.7 Å². The van der Waals surface area contributed by atoms with Crippen LogP contribution in [0, 0.1) is 0 Å². The van der Waals surface area contributed by atoms with Crippen LogP contribution in [0.4, 0.5) is 0 Å². The molecule has 0 aromatic carbocycles. The molecule has 1 saturated heterocycles. The maximum atomic E-state index is 11.9. The molecule has 1 rings (SSSR count). The summed E-state index contributed by atoms with van der Waals surface area (Å²) in [5.41, 5.74) is 0. The molecular formula is C12H19N3O5. The average Bonchev–Trinajstić information content (AvgIpc) is 2.36. The third-order valence-corrected chi connectivity index (χ3v) is 2.97. The number of rotatable bonds is 6. The molecule has 1 fully saturated rings. The number of piperazine rings is 1. The fourth-order valence-corrected chi connectivity index (χ4v) is 2.02. The van der Waals surface area contributed by atoms with Crippen LogP contribution < -0.4 is 5.32 Å². The van der Waals surface area contributed by atoms with Gasteiger partial charge in [0, 0.05) is 26.6 Å². The van der Waals surface area contributed by atoms with Crippen LogP contribution in [0.3, 0.4) is 0 Å². The van der Waals surface area contributed by atoms with E-state index in [1.807, 2.05) is 6.92 Å². The summed E-state index contributed by atoms with van der Waals surface area (Å²) < 4.78 is 0. The number of hydrogen-bond acceptors (Lipinski definition) is 4. The van der Waals surface area contributed by atoms with Crippen molar-refractivity contribution in [2.75, 3.05) is 26.2 Å². The van der Waals surface area contributed by atoms with Crippen molar-refractivity contribution in [1.82, 2.24) is 15.1 Å². The van der Waals surface area contributed by atoms with Gasteiger partial charge in [-0.1, -0.05) is 6.92 Å². The van der Waals surface area contributed by atoms with E-state index in [9.17, 15) is 19.2 Å². The van der Waals surface area contributed by atoms with E-state index in [0.29, 0.717) is 13.1 Å². The zero-order chi connectivity index (χ0) is 15.3. The van der Waals surface area contributed by atoms with Crippen LogP contribution in [0.15, 0.2) is 0 Å². The highest BCUT2D eigenvalue weighted by atomic mass is 16.4. The summed E-state index contributed by atoms with van der Waals surface area (Å²) in [6.45, 7) is 4.05. The quantitative estimate of drug-likeness (QED) is 0.587. The van der Waals surface area contributed by atoms with Gasteiger partial charge in [-0.25, -0.2) is 4.79 Å². The van der Waals surface area contributed by atoms with Crippen LogP contribution >= 0.6 is 0 Å². The summed E-state index contributed by atoms with van der Waals surface area (Å²) in [6.07, 6.45) is 0.753. The Morgan fingerprint density at radius 1 is 1.25 bits per heavy atom. The van der Waals surface area contributed by atoms with E-state index in [0.717, 1.165) is 6.42 Å². The number of aliphatic carboxylic acids is 1. The third-order valence-electron chi connectivity index (χ3n) is 2.97. The Balaban J connectivity index is 2.68. The van der Waals surface area contributed by atoms with Gasteiger partial charge in [0.25, 0.3) is 0 Å². The van der Waals surface area contributed by atoms with Gasteiger partial charge in [-0.2, -0.15) is 0 Å². The maximum Gasteiger partial charge on any atom is 0.328 e. The van der Waals surface area contributed by atoms with E-state index >= 15 is 0 Å². The highest BCUT2D eigenvalue weighted by Gasteiger charge is 2.34. The van der Waals surface area contributed by atoms with Crippen molar-refractivity contribution in [3.63, 3.8) is 0 Å². The highest BCUT2D eigenvalue weighted by Crippen LogP contribution is 2.07. The summed E-state index contributed by atoms with van der Waals surface area (Å²) in [7, 11) is 0. The zero-order valence-electron chi connectivity index (χ0n) is 11.6. The smallest absolute Gasteiger partial charge is 0.328 e. The van der Waals surface area contributed by atoms with Crippen molar-refractivity contribution in [2.45, 2.75) is 26.3 Å². The van der Waals surface area contributed by atoms with Crippen LogP contribution in [0.2, 0.25) is 0 Å². The summed E-state index contributed by atoms with van der Waals surface area (Å²) >= 11 is 0. The number of amides is 3. The molecule has 0 bridgehead atoms. The predicted molar refractivity (Wildman–Crippen MR) is 68.7 cm³/mol. The Kier molecular flexibility index (Phi) is 5.48. The SMILES string of the molecule is CCCN1CCN(CC(NC(C)=O)C(=O)O)C(=O)C1=O. The second kappa shape index (κ2) is 6.88. The Morgan fingerprint density at radius 2 is 1.80 bits per heavy atom. The lowest BCUT2D eigenvalue weighted by molar-refractivity contribution is -0.157. The summed E-state index contributed by atoms with van der Waals surface area (Å²) in [4.78, 5) is 48.2. The molecule has 3 amide bonds. The zero-order valence-corrected chi connectivity index (χ0v) is 11.6. The van der Waals surface area contributed by atoms with Gasteiger partial charge < -0.3 is 20.2 Å². The molecule has 1 atom stereocenters. The van der Waals surface area contributed by atoms with Gasteiger partial charge in [0.05, 0.1) is 6.54 Å². The van der Waals surface area contributed by atoms with E-state index in [1.54, 1.807) is 0 Å². The molecule has 20 heavy (non-hydrogen) atoms. The molecule has 0 aromatic rings. The first-order chi connectivity index (χ1) is 9.36. The number of nitrogens with one attached hydrogen (secondary N) is 1. The first-order valence-corrected chi connectivity index (χ1v) is 6.44. The van der Waals surface area contributed by atoms with Crippen LogP contribution in [0.25, 0.3) is 0 Å². The van der Waals surface area contributed by atoms with Gasteiger partial charge in [0.2, 0.25) is 5.91 Å². The molecule has 0 aromatic heterocycles. The van der Waals surface area contributed by atoms with Gasteiger partial charge in [-0.05, 0) is 6.42 Å². The molecule has 0 radical (unpaired) electrons. The van der Waals surface area contributed by atoms with Crippen molar-refractivity contribution in [2.24, 2.45) is 0 Å². The molecule has 2 N–H and O–H groups in total. The fourth-order valence-electron chi connectivity index (χ4n) is 2.02. The predicted octanol–water partition coefficient (Wildman–Crippen LogP) is -1.34. The number of hydrogen-bond donors (Lipinski definition) is 2. The minimum absolute atomic E-state index is 0.209. The molecule has 1 unspecified atom stereocenters. The van der Waals surface area contributed by atoms with Crippen molar-refractivity contribution in [1.29, 1.82) is 0 Å². The number of carbonyl (C=O) groups excluding carboxylic acids is 3. The minimum Gasteiger partial charge on any atom is -0.480 e. The lowest BCUT2D eigenvalue weighted by Gasteiger charge is -2.34. The van der Waals surface area contributed by atoms with Crippen LogP contribution in [-0.4, -0.2) is 70.8 Å². The summed E-state index contributed by atoms with van der Waals surface area (Å²) in [5.74, 6) is -3.08. The Bertz CT molecular complexity index is 423. The van der Waals surface area contributed by atoms with Crippen molar-refractivity contribution in [3.8, 4) is 0 Å². The van der Waals surface area contributed by atoms with Gasteiger partial charge in [-0.3, -0.25) is 14.4 Å². The van der Waals surface area contributed by atoms with Gasteiger partial charge in [-0.15, -0.1) is 0 Å². The largest absolute Gasteiger partial charge is 0.480 e. The van der Waals surface area contributed by atoms with Crippen LogP contribution in [-0.2, 0) is 19.2 Å². The number of carboxylic acid groups (broad SMARTS) is 1. The molecule has 0 spiro atoms. The molecule has 1 heterocycles. The number of nitrogens with zero attached hydrogens (tertiary/aromatic N) is 2. The average molecular weight is 285 g/mol. The standard InChI is InChI=1S/C12H19N3O5/c1-3-4-14-5-6-15(11(18)10(14)17)7-9(12(19)20)13-8(2)16/h9H,3-7H2,1-2H3,(H,13,16)(H,19,20). The van der Waals surface area contributed by atoms with Gasteiger partial charge in [0.15, 0.2) is 0 Å². The Hall–Kier alpha value is -2.12. The number of carbonyl (C=O) groups is 4. The Labute approximate surface area is 116 Å². The van der Waals surface area contributed by atoms with Gasteiger partial charge >= 0.3 is 17.8 Å². The number of carboxylic acids is 1. The molecule has 8 nitrogen and oxygen atoms in total. The lowest BCUT2D eigenvalue weighted by Crippen LogP contribution is -2.58. The monoisotopic (exact) mass is 285 g/mol. The molecular weight excluding hydrogens is 266 g/mol. The van der Waals surface area contributed by atoms with E-state index in [-0.39, 0.29) is 13.1 Å². The second-order valence-corrected chi connectivity index (χ2v) is 4.63. The van der Waals surface area contributed by atoms with E-state index in [2.05, 4.69) is 5.32 Å². The fraction of sp³-hybridized carbons (Fsp3) is 0.667. The minimum atomic E-state index is -1.24. The maximum absolute atomic E-state index is 11.9. The molecule has 112 valence electrons. The first-order valence-electron chi connectivity index (χ1n) is 6.44. The molecule has 0 aliphatic carbocycles. The first kappa shape index (κ1) is 15.9. The highest BCUT2D eigenvalue weighted by molar-refractivity contribution is 6.35.